The SMILES string of the molecule is [2H]C([2H])([2H])C([2H])(C)c1cc(-c2cc[n+](C)c(-c3c(C)ccc4c3oc3ncccc34)c2)cc(C([2H])(C)C([2H])([2H])[2H])c1F. The van der Waals surface area contributed by atoms with Gasteiger partial charge in [-0.25, -0.2) is 13.9 Å². The van der Waals surface area contributed by atoms with Crippen molar-refractivity contribution in [2.24, 2.45) is 7.05 Å². The fourth-order valence-electron chi connectivity index (χ4n) is 4.43. The highest BCUT2D eigenvalue weighted by atomic mass is 19.1. The van der Waals surface area contributed by atoms with Crippen LogP contribution in [0.1, 0.15) is 67.0 Å². The lowest BCUT2D eigenvalue weighted by Gasteiger charge is -2.17. The molecule has 0 aliphatic heterocycles. The largest absolute Gasteiger partial charge is 0.437 e. The number of hydrogen-bond donors (Lipinski definition) is 0. The number of hydrogen-bond acceptors (Lipinski definition) is 2. The van der Waals surface area contributed by atoms with Crippen LogP contribution in [-0.2, 0) is 7.05 Å². The molecule has 3 nitrogen and oxygen atoms in total. The van der Waals surface area contributed by atoms with Gasteiger partial charge in [0.15, 0.2) is 11.8 Å². The van der Waals surface area contributed by atoms with E-state index in [0.29, 0.717) is 16.9 Å². The molecule has 2 unspecified atom stereocenters. The van der Waals surface area contributed by atoms with Crippen molar-refractivity contribution in [2.75, 3.05) is 0 Å². The predicted molar refractivity (Wildman–Crippen MR) is 136 cm³/mol. The average Bonchev–Trinajstić information content (AvgIpc) is 3.26. The Morgan fingerprint density at radius 1 is 1.00 bits per heavy atom. The highest BCUT2D eigenvalue weighted by Crippen LogP contribution is 2.38. The third-order valence-electron chi connectivity index (χ3n) is 6.25. The maximum Gasteiger partial charge on any atom is 0.227 e. The summed E-state index contributed by atoms with van der Waals surface area (Å²) in [6, 6.07) is 13.8. The fourth-order valence-corrected chi connectivity index (χ4v) is 4.43. The lowest BCUT2D eigenvalue weighted by molar-refractivity contribution is -0.660. The Morgan fingerprint density at radius 3 is 2.44 bits per heavy atom. The first-order chi connectivity index (χ1) is 19.4. The van der Waals surface area contributed by atoms with E-state index in [0.717, 1.165) is 41.4 Å². The first-order valence-electron chi connectivity index (χ1n) is 15.0. The second-order valence-corrected chi connectivity index (χ2v) is 8.64. The number of halogens is 1. The number of fused-ring (bicyclic) bond motifs is 3. The quantitative estimate of drug-likeness (QED) is 0.255. The minimum Gasteiger partial charge on any atom is -0.437 e. The van der Waals surface area contributed by atoms with E-state index in [1.54, 1.807) is 18.5 Å². The highest BCUT2D eigenvalue weighted by molar-refractivity contribution is 6.08. The molecule has 34 heavy (non-hydrogen) atoms. The van der Waals surface area contributed by atoms with Crippen LogP contribution in [0.25, 0.3) is 44.5 Å². The Hall–Kier alpha value is -3.53. The van der Waals surface area contributed by atoms with Crippen molar-refractivity contribution in [3.05, 3.63) is 83.4 Å². The van der Waals surface area contributed by atoms with Crippen molar-refractivity contribution in [1.82, 2.24) is 4.98 Å². The molecule has 0 bridgehead atoms. The van der Waals surface area contributed by atoms with E-state index < -0.39 is 42.4 Å². The van der Waals surface area contributed by atoms with Crippen molar-refractivity contribution < 1.29 is 24.3 Å². The zero-order valence-electron chi connectivity index (χ0n) is 27.5. The van der Waals surface area contributed by atoms with Gasteiger partial charge in [0.2, 0.25) is 11.4 Å². The first-order valence-corrected chi connectivity index (χ1v) is 11.0. The van der Waals surface area contributed by atoms with Crippen molar-refractivity contribution in [3.63, 3.8) is 0 Å². The Balaban J connectivity index is 1.81. The molecule has 5 rings (SSSR count). The molecular weight excluding hydrogens is 423 g/mol. The summed E-state index contributed by atoms with van der Waals surface area (Å²) in [7, 11) is 1.85. The summed E-state index contributed by atoms with van der Waals surface area (Å²) in [6.07, 6.45) is 3.43. The first kappa shape index (κ1) is 14.7. The van der Waals surface area contributed by atoms with Gasteiger partial charge in [-0.15, -0.1) is 0 Å². The molecule has 5 aromatic rings. The zero-order valence-corrected chi connectivity index (χ0v) is 19.5. The summed E-state index contributed by atoms with van der Waals surface area (Å²) in [4.78, 5) is 4.35. The normalized spacial score (nSPS) is 19.6. The molecule has 3 aromatic heterocycles. The van der Waals surface area contributed by atoms with Crippen molar-refractivity contribution in [1.29, 1.82) is 0 Å². The van der Waals surface area contributed by atoms with E-state index in [-0.39, 0.29) is 5.56 Å². The topological polar surface area (TPSA) is 29.9 Å². The molecule has 0 saturated carbocycles. The van der Waals surface area contributed by atoms with Crippen LogP contribution in [0.2, 0.25) is 0 Å². The van der Waals surface area contributed by atoms with Crippen molar-refractivity contribution in [3.8, 4) is 22.4 Å². The molecule has 2 atom stereocenters. The van der Waals surface area contributed by atoms with E-state index in [4.69, 9.17) is 15.4 Å². The van der Waals surface area contributed by atoms with Crippen LogP contribution in [0.3, 0.4) is 0 Å². The average molecular weight is 462 g/mol. The van der Waals surface area contributed by atoms with Gasteiger partial charge in [0.25, 0.3) is 0 Å². The smallest absolute Gasteiger partial charge is 0.227 e. The molecule has 0 fully saturated rings. The minimum atomic E-state index is -2.93. The molecule has 3 heterocycles. The molecule has 4 heteroatoms. The maximum atomic E-state index is 16.0. The van der Waals surface area contributed by atoms with E-state index in [1.807, 2.05) is 48.9 Å². The number of furan rings is 1. The number of benzene rings is 2. The molecule has 2 aromatic carbocycles. The lowest BCUT2D eigenvalue weighted by Crippen LogP contribution is -2.30. The van der Waals surface area contributed by atoms with E-state index in [9.17, 15) is 0 Å². The van der Waals surface area contributed by atoms with Gasteiger partial charge in [0.05, 0.1) is 5.56 Å². The molecule has 0 amide bonds. The van der Waals surface area contributed by atoms with Crippen molar-refractivity contribution >= 4 is 22.1 Å². The number of pyridine rings is 2. The number of rotatable bonds is 4. The lowest BCUT2D eigenvalue weighted by atomic mass is 9.89. The molecule has 0 aliphatic carbocycles. The van der Waals surface area contributed by atoms with Crippen LogP contribution >= 0.6 is 0 Å². The van der Waals surface area contributed by atoms with E-state index in [2.05, 4.69) is 4.98 Å². The standard InChI is InChI=1S/C30H30FN2O/c1-17(2)24-14-21(15-25(18(3)4)28(24)31)20-11-13-33(6)26(16-20)27-19(5)9-10-22-23-8-7-12-32-30(23)34-29(22)27/h7-18H,1-6H3/q+1/i1D3,3D3,17D,18D. The molecule has 0 N–H and O–H groups in total. The number of aryl methyl sites for hydroxylation is 2. The fraction of sp³-hybridized carbons (Fsp3) is 0.267. The molecule has 172 valence electrons. The Bertz CT molecular complexity index is 1810. The van der Waals surface area contributed by atoms with Gasteiger partial charge in [0, 0.05) is 40.1 Å². The number of nitrogens with zero attached hydrogens (tertiary/aromatic N) is 2. The number of aromatic nitrogens is 2. The molecule has 0 spiro atoms. The van der Waals surface area contributed by atoms with Crippen LogP contribution in [0.4, 0.5) is 4.39 Å². The maximum absolute atomic E-state index is 16.0. The van der Waals surface area contributed by atoms with E-state index >= 15 is 4.39 Å². The molecule has 0 saturated heterocycles. The third-order valence-corrected chi connectivity index (χ3v) is 6.25. The summed E-state index contributed by atoms with van der Waals surface area (Å²) in [5.74, 6) is -6.02. The minimum absolute atomic E-state index is 0.282. The summed E-state index contributed by atoms with van der Waals surface area (Å²) in [5.41, 5.74) is 3.32. The van der Waals surface area contributed by atoms with Crippen LogP contribution in [0.15, 0.2) is 65.3 Å². The summed E-state index contributed by atoms with van der Waals surface area (Å²) in [6.45, 7) is -1.78. The Kier molecular flexibility index (Phi) is 3.61. The Morgan fingerprint density at radius 2 is 1.74 bits per heavy atom. The monoisotopic (exact) mass is 461 g/mol. The van der Waals surface area contributed by atoms with E-state index in [1.165, 1.54) is 12.1 Å². The van der Waals surface area contributed by atoms with Crippen LogP contribution < -0.4 is 4.57 Å². The highest BCUT2D eigenvalue weighted by Gasteiger charge is 2.23. The molecule has 0 aliphatic rings. The van der Waals surface area contributed by atoms with Crippen molar-refractivity contribution in [2.45, 2.75) is 46.3 Å². The van der Waals surface area contributed by atoms with Gasteiger partial charge in [-0.1, -0.05) is 39.7 Å². The van der Waals surface area contributed by atoms with Gasteiger partial charge >= 0.3 is 0 Å². The van der Waals surface area contributed by atoms with Crippen LogP contribution in [0, 0.1) is 12.7 Å². The van der Waals surface area contributed by atoms with Crippen LogP contribution in [0.5, 0.6) is 0 Å². The van der Waals surface area contributed by atoms with Crippen LogP contribution in [-0.4, -0.2) is 4.98 Å². The molecule has 0 radical (unpaired) electrons. The molecular formula is C30H30FN2O+. The zero-order chi connectivity index (χ0) is 31.0. The van der Waals surface area contributed by atoms with Gasteiger partial charge < -0.3 is 4.42 Å². The third kappa shape index (κ3) is 3.58. The van der Waals surface area contributed by atoms with Gasteiger partial charge in [-0.05, 0) is 70.8 Å². The second-order valence-electron chi connectivity index (χ2n) is 8.64. The Labute approximate surface area is 211 Å². The van der Waals surface area contributed by atoms with Gasteiger partial charge in [-0.2, -0.15) is 0 Å². The van der Waals surface area contributed by atoms with Gasteiger partial charge in [-0.3, -0.25) is 0 Å². The second kappa shape index (κ2) is 8.35. The summed E-state index contributed by atoms with van der Waals surface area (Å²) < 4.78 is 88.8. The summed E-state index contributed by atoms with van der Waals surface area (Å²) in [5, 5.41) is 1.74. The van der Waals surface area contributed by atoms with Gasteiger partial charge in [0.1, 0.15) is 12.9 Å². The summed E-state index contributed by atoms with van der Waals surface area (Å²) >= 11 is 0. The predicted octanol–water partition coefficient (Wildman–Crippen LogP) is 7.83.